The molecule has 1 aromatic heterocycles. The summed E-state index contributed by atoms with van der Waals surface area (Å²) in [5.74, 6) is 0. The molecule has 0 fully saturated rings. The number of carbonyl (C=O) groups is 1. The van der Waals surface area contributed by atoms with Gasteiger partial charge in [0, 0.05) is 6.61 Å². The van der Waals surface area contributed by atoms with Gasteiger partial charge in [-0.2, -0.15) is 5.10 Å². The van der Waals surface area contributed by atoms with E-state index in [-0.39, 0.29) is 11.4 Å². The van der Waals surface area contributed by atoms with Gasteiger partial charge in [0.05, 0.1) is 4.92 Å². The second-order valence-corrected chi connectivity index (χ2v) is 3.08. The van der Waals surface area contributed by atoms with Crippen molar-refractivity contribution in [2.75, 3.05) is 20.2 Å². The fourth-order valence-electron chi connectivity index (χ4n) is 0.936. The van der Waals surface area contributed by atoms with Crippen LogP contribution in [0.5, 0.6) is 0 Å². The van der Waals surface area contributed by atoms with Gasteiger partial charge in [-0.1, -0.05) is 0 Å². The number of hydrogen-bond donors (Lipinski definition) is 3. The molecule has 0 spiro atoms. The second-order valence-electron chi connectivity index (χ2n) is 3.08. The molecule has 17 heavy (non-hydrogen) atoms. The lowest BCUT2D eigenvalue weighted by molar-refractivity contribution is -0.385. The molecular formula is C9H16N4O4. The van der Waals surface area contributed by atoms with Crippen LogP contribution >= 0.6 is 0 Å². The number of nitro groups is 1. The Morgan fingerprint density at radius 2 is 2.35 bits per heavy atom. The Labute approximate surface area is 98.2 Å². The maximum atomic E-state index is 10.0. The maximum Gasteiger partial charge on any atom is 0.317 e. The van der Waals surface area contributed by atoms with Gasteiger partial charge in [0.2, 0.25) is 0 Å². The Bertz CT molecular complexity index is 335. The minimum Gasteiger partial charge on any atom is -0.396 e. The smallest absolute Gasteiger partial charge is 0.317 e. The number of nitrogens with one attached hydrogen (secondary N) is 2. The molecule has 1 rings (SSSR count). The Morgan fingerprint density at radius 3 is 2.76 bits per heavy atom. The maximum absolute atomic E-state index is 10.0. The number of aromatic nitrogens is 2. The molecule has 0 atom stereocenters. The molecule has 0 bridgehead atoms. The van der Waals surface area contributed by atoms with E-state index < -0.39 is 4.92 Å². The van der Waals surface area contributed by atoms with Crippen LogP contribution < -0.4 is 5.32 Å². The van der Waals surface area contributed by atoms with Gasteiger partial charge in [0.1, 0.15) is 6.20 Å². The predicted octanol–water partition coefficient (Wildman–Crippen LogP) is 0.109. The highest BCUT2D eigenvalue weighted by Crippen LogP contribution is 2.10. The number of aldehydes is 1. The van der Waals surface area contributed by atoms with E-state index in [0.29, 0.717) is 12.9 Å². The lowest BCUT2D eigenvalue weighted by Crippen LogP contribution is -2.07. The standard InChI is InChI=1S/C5H13NO.C4H3N3O3/c1-6-4-2-3-5-7;8-2-3-4(7(9)10)1-5-6-3/h6-7H,2-5H2,1H3;1-2H,(H,5,6). The van der Waals surface area contributed by atoms with E-state index in [4.69, 9.17) is 5.11 Å². The first-order chi connectivity index (χ1) is 8.17. The molecule has 0 radical (unpaired) electrons. The quantitative estimate of drug-likeness (QED) is 0.282. The molecule has 0 aliphatic carbocycles. The first-order valence-electron chi connectivity index (χ1n) is 5.05. The van der Waals surface area contributed by atoms with Crippen molar-refractivity contribution in [1.82, 2.24) is 15.5 Å². The third-order valence-electron chi connectivity index (χ3n) is 1.80. The van der Waals surface area contributed by atoms with Crippen LogP contribution in [0.3, 0.4) is 0 Å². The number of H-pyrrole nitrogens is 1. The van der Waals surface area contributed by atoms with E-state index in [1.54, 1.807) is 0 Å². The number of rotatable bonds is 6. The Balaban J connectivity index is 0.000000325. The fourth-order valence-corrected chi connectivity index (χ4v) is 0.936. The van der Waals surface area contributed by atoms with Gasteiger partial charge in [-0.25, -0.2) is 0 Å². The van der Waals surface area contributed by atoms with Gasteiger partial charge in [0.15, 0.2) is 12.0 Å². The number of carbonyl (C=O) groups excluding carboxylic acids is 1. The van der Waals surface area contributed by atoms with Gasteiger partial charge in [-0.05, 0) is 26.4 Å². The van der Waals surface area contributed by atoms with Gasteiger partial charge < -0.3 is 10.4 Å². The third-order valence-corrected chi connectivity index (χ3v) is 1.80. The number of unbranched alkanes of at least 4 members (excludes halogenated alkanes) is 1. The van der Waals surface area contributed by atoms with Crippen molar-refractivity contribution in [2.45, 2.75) is 12.8 Å². The summed E-state index contributed by atoms with van der Waals surface area (Å²) in [6.07, 6.45) is 3.34. The van der Waals surface area contributed by atoms with E-state index in [0.717, 1.165) is 25.6 Å². The predicted molar refractivity (Wildman–Crippen MR) is 60.9 cm³/mol. The van der Waals surface area contributed by atoms with Gasteiger partial charge in [-0.3, -0.25) is 20.0 Å². The zero-order valence-electron chi connectivity index (χ0n) is 9.55. The second kappa shape index (κ2) is 9.43. The van der Waals surface area contributed by atoms with Crippen molar-refractivity contribution in [3.8, 4) is 0 Å². The minimum atomic E-state index is -0.673. The zero-order chi connectivity index (χ0) is 13.1. The molecule has 0 aliphatic rings. The monoisotopic (exact) mass is 244 g/mol. The summed E-state index contributed by atoms with van der Waals surface area (Å²) in [7, 11) is 1.91. The molecule has 1 aromatic rings. The third kappa shape index (κ3) is 6.38. The molecule has 3 N–H and O–H groups in total. The Kier molecular flexibility index (Phi) is 8.43. The van der Waals surface area contributed by atoms with Crippen LogP contribution in [-0.4, -0.2) is 46.7 Å². The van der Waals surface area contributed by atoms with Crippen molar-refractivity contribution in [3.05, 3.63) is 22.0 Å². The molecule has 0 aromatic carbocycles. The van der Waals surface area contributed by atoms with Crippen molar-refractivity contribution in [3.63, 3.8) is 0 Å². The van der Waals surface area contributed by atoms with Crippen LogP contribution in [0.25, 0.3) is 0 Å². The average Bonchev–Trinajstić information content (AvgIpc) is 2.79. The molecule has 96 valence electrons. The highest BCUT2D eigenvalue weighted by molar-refractivity contribution is 5.77. The van der Waals surface area contributed by atoms with E-state index in [2.05, 4.69) is 15.5 Å². The van der Waals surface area contributed by atoms with Crippen molar-refractivity contribution >= 4 is 12.0 Å². The lowest BCUT2D eigenvalue weighted by atomic mass is 10.3. The van der Waals surface area contributed by atoms with E-state index in [1.165, 1.54) is 0 Å². The summed E-state index contributed by atoms with van der Waals surface area (Å²) in [6.45, 7) is 1.34. The van der Waals surface area contributed by atoms with E-state index in [9.17, 15) is 14.9 Å². The molecule has 0 amide bonds. The van der Waals surface area contributed by atoms with Crippen LogP contribution in [-0.2, 0) is 0 Å². The van der Waals surface area contributed by atoms with Gasteiger partial charge >= 0.3 is 5.69 Å². The van der Waals surface area contributed by atoms with Crippen LogP contribution in [0.1, 0.15) is 23.3 Å². The molecule has 1 heterocycles. The summed E-state index contributed by atoms with van der Waals surface area (Å²) >= 11 is 0. The summed E-state index contributed by atoms with van der Waals surface area (Å²) in [5.41, 5.74) is -0.403. The first-order valence-corrected chi connectivity index (χ1v) is 5.05. The Morgan fingerprint density at radius 1 is 1.65 bits per heavy atom. The number of aliphatic hydroxyl groups excluding tert-OH is 1. The fraction of sp³-hybridized carbons (Fsp3) is 0.556. The summed E-state index contributed by atoms with van der Waals surface area (Å²) in [4.78, 5) is 19.4. The van der Waals surface area contributed by atoms with Gasteiger partial charge in [0.25, 0.3) is 0 Å². The summed E-state index contributed by atoms with van der Waals surface area (Å²) in [5, 5.41) is 26.8. The van der Waals surface area contributed by atoms with E-state index in [1.807, 2.05) is 7.05 Å². The molecule has 0 aliphatic heterocycles. The number of nitrogens with zero attached hydrogens (tertiary/aromatic N) is 2. The van der Waals surface area contributed by atoms with Crippen molar-refractivity contribution < 1.29 is 14.8 Å². The molecule has 0 saturated heterocycles. The first kappa shape index (κ1) is 15.2. The molecule has 8 nitrogen and oxygen atoms in total. The summed E-state index contributed by atoms with van der Waals surface area (Å²) in [6, 6.07) is 0. The van der Waals surface area contributed by atoms with Gasteiger partial charge in [-0.15, -0.1) is 0 Å². The summed E-state index contributed by atoms with van der Waals surface area (Å²) < 4.78 is 0. The SMILES string of the molecule is CNCCCCO.O=Cc1[nH]ncc1[N+](=O)[O-]. The molecule has 8 heteroatoms. The van der Waals surface area contributed by atoms with Crippen molar-refractivity contribution in [2.24, 2.45) is 0 Å². The van der Waals surface area contributed by atoms with Crippen LogP contribution in [0.4, 0.5) is 5.69 Å². The Hall–Kier alpha value is -1.80. The minimum absolute atomic E-state index is 0.106. The highest BCUT2D eigenvalue weighted by Gasteiger charge is 2.13. The van der Waals surface area contributed by atoms with Crippen LogP contribution in [0.15, 0.2) is 6.20 Å². The number of hydrogen-bond acceptors (Lipinski definition) is 6. The largest absolute Gasteiger partial charge is 0.396 e. The normalized spacial score (nSPS) is 9.29. The zero-order valence-corrected chi connectivity index (χ0v) is 9.55. The van der Waals surface area contributed by atoms with E-state index >= 15 is 0 Å². The average molecular weight is 244 g/mol. The molecule has 0 saturated carbocycles. The highest BCUT2D eigenvalue weighted by atomic mass is 16.6. The number of aliphatic hydroxyl groups is 1. The van der Waals surface area contributed by atoms with Crippen LogP contribution in [0, 0.1) is 10.1 Å². The molecule has 0 unspecified atom stereocenters. The van der Waals surface area contributed by atoms with Crippen LogP contribution in [0.2, 0.25) is 0 Å². The molecular weight excluding hydrogens is 228 g/mol. The topological polar surface area (TPSA) is 121 Å². The van der Waals surface area contributed by atoms with Crippen molar-refractivity contribution in [1.29, 1.82) is 0 Å². The lowest BCUT2D eigenvalue weighted by Gasteiger charge is -1.92. The number of aromatic amines is 1.